The van der Waals surface area contributed by atoms with Crippen LogP contribution in [0.4, 0.5) is 0 Å². The van der Waals surface area contributed by atoms with Crippen LogP contribution in [0.3, 0.4) is 0 Å². The molecule has 0 bridgehead atoms. The maximum absolute atomic E-state index is 6.11. The maximum Gasteiger partial charge on any atom is 0.0575 e. The average Bonchev–Trinajstić information content (AvgIpc) is 2.54. The highest BCUT2D eigenvalue weighted by Gasteiger charge is 2.43. The Balaban J connectivity index is 2.16. The lowest BCUT2D eigenvalue weighted by Crippen LogP contribution is -2.54. The van der Waals surface area contributed by atoms with Crippen molar-refractivity contribution >= 4 is 0 Å². The van der Waals surface area contributed by atoms with E-state index in [9.17, 15) is 0 Å². The molecule has 0 aromatic carbocycles. The molecule has 1 saturated heterocycles. The fourth-order valence-electron chi connectivity index (χ4n) is 1.67. The van der Waals surface area contributed by atoms with E-state index in [1.165, 1.54) is 0 Å². The fraction of sp³-hybridized carbons (Fsp3) is 0.556. The average molecular weight is 181 g/mol. The molecule has 0 aliphatic carbocycles. The predicted octanol–water partition coefficient (Wildman–Crippen LogP) is -0.0102. The van der Waals surface area contributed by atoms with Crippen LogP contribution in [0.25, 0.3) is 0 Å². The van der Waals surface area contributed by atoms with E-state index in [4.69, 9.17) is 16.2 Å². The highest BCUT2D eigenvalue weighted by atomic mass is 16.5. The lowest BCUT2D eigenvalue weighted by Gasteiger charge is -2.44. The number of hydrogen-bond donors (Lipinski definition) is 3. The second kappa shape index (κ2) is 3.14. The largest absolute Gasteiger partial charge is 0.380 e. The second-order valence-corrected chi connectivity index (χ2v) is 3.68. The Labute approximate surface area is 77.3 Å². The Hall–Kier alpha value is -0.840. The van der Waals surface area contributed by atoms with E-state index in [1.54, 1.807) is 0 Å². The molecule has 0 radical (unpaired) electrons. The highest BCUT2D eigenvalue weighted by molar-refractivity contribution is 5.18. The molecule has 2 heterocycles. The van der Waals surface area contributed by atoms with Gasteiger partial charge in [-0.2, -0.15) is 0 Å². The lowest BCUT2D eigenvalue weighted by atomic mass is 9.76. The van der Waals surface area contributed by atoms with Crippen LogP contribution in [-0.4, -0.2) is 24.7 Å². The SMILES string of the molecule is NCC1(C(N)c2cc[nH]c2)COC1. The summed E-state index contributed by atoms with van der Waals surface area (Å²) in [4.78, 5) is 2.99. The molecule has 72 valence electrons. The summed E-state index contributed by atoms with van der Waals surface area (Å²) in [5.74, 6) is 0. The molecule has 1 aromatic heterocycles. The molecule has 1 fully saturated rings. The standard InChI is InChI=1S/C9H15N3O/c10-4-9(5-13-6-9)8(11)7-1-2-12-3-7/h1-3,8,12H,4-6,10-11H2. The van der Waals surface area contributed by atoms with Crippen molar-refractivity contribution in [3.8, 4) is 0 Å². The van der Waals surface area contributed by atoms with E-state index < -0.39 is 0 Å². The first-order valence-corrected chi connectivity index (χ1v) is 4.44. The molecular weight excluding hydrogens is 166 g/mol. The number of ether oxygens (including phenoxy) is 1. The Morgan fingerprint density at radius 1 is 1.62 bits per heavy atom. The number of rotatable bonds is 3. The van der Waals surface area contributed by atoms with E-state index in [0.717, 1.165) is 5.56 Å². The minimum absolute atomic E-state index is 0.0162. The van der Waals surface area contributed by atoms with Gasteiger partial charge in [-0.15, -0.1) is 0 Å². The van der Waals surface area contributed by atoms with Crippen molar-refractivity contribution < 1.29 is 4.74 Å². The first-order valence-electron chi connectivity index (χ1n) is 4.44. The summed E-state index contributed by atoms with van der Waals surface area (Å²) in [6.45, 7) is 1.94. The van der Waals surface area contributed by atoms with E-state index in [-0.39, 0.29) is 11.5 Å². The van der Waals surface area contributed by atoms with E-state index in [1.807, 2.05) is 18.5 Å². The van der Waals surface area contributed by atoms with Crippen LogP contribution in [-0.2, 0) is 4.74 Å². The zero-order chi connectivity index (χ0) is 9.31. The van der Waals surface area contributed by atoms with Gasteiger partial charge in [-0.1, -0.05) is 0 Å². The quantitative estimate of drug-likeness (QED) is 0.613. The van der Waals surface area contributed by atoms with Crippen LogP contribution in [0.15, 0.2) is 18.5 Å². The van der Waals surface area contributed by atoms with Crippen LogP contribution in [0.1, 0.15) is 11.6 Å². The molecule has 1 aliphatic heterocycles. The molecule has 0 amide bonds. The third-order valence-corrected chi connectivity index (χ3v) is 2.83. The van der Waals surface area contributed by atoms with E-state index in [2.05, 4.69) is 4.98 Å². The van der Waals surface area contributed by atoms with E-state index in [0.29, 0.717) is 19.8 Å². The minimum atomic E-state index is -0.0395. The van der Waals surface area contributed by atoms with Gasteiger partial charge in [0.15, 0.2) is 0 Å². The van der Waals surface area contributed by atoms with Crippen molar-refractivity contribution in [1.82, 2.24) is 4.98 Å². The number of nitrogens with one attached hydrogen (secondary N) is 1. The summed E-state index contributed by atoms with van der Waals surface area (Å²) >= 11 is 0. The predicted molar refractivity (Wildman–Crippen MR) is 50.0 cm³/mol. The molecular formula is C9H15N3O. The van der Waals surface area contributed by atoms with Gasteiger partial charge in [-0.05, 0) is 11.6 Å². The number of hydrogen-bond acceptors (Lipinski definition) is 3. The van der Waals surface area contributed by atoms with E-state index >= 15 is 0 Å². The van der Waals surface area contributed by atoms with Gasteiger partial charge in [0.25, 0.3) is 0 Å². The maximum atomic E-state index is 6.11. The Bertz CT molecular complexity index is 261. The normalized spacial score (nSPS) is 22.3. The molecule has 4 heteroatoms. The fourth-order valence-corrected chi connectivity index (χ4v) is 1.67. The molecule has 0 saturated carbocycles. The van der Waals surface area contributed by atoms with Gasteiger partial charge < -0.3 is 21.2 Å². The van der Waals surface area contributed by atoms with Crippen LogP contribution in [0, 0.1) is 5.41 Å². The summed E-state index contributed by atoms with van der Waals surface area (Å²) in [6, 6.07) is 1.97. The minimum Gasteiger partial charge on any atom is -0.380 e. The molecule has 13 heavy (non-hydrogen) atoms. The molecule has 1 atom stereocenters. The first-order chi connectivity index (χ1) is 6.28. The highest BCUT2D eigenvalue weighted by Crippen LogP contribution is 2.37. The van der Waals surface area contributed by atoms with Crippen molar-refractivity contribution in [2.75, 3.05) is 19.8 Å². The van der Waals surface area contributed by atoms with Crippen LogP contribution in [0.2, 0.25) is 0 Å². The van der Waals surface area contributed by atoms with Crippen LogP contribution < -0.4 is 11.5 Å². The first kappa shape index (κ1) is 8.74. The summed E-state index contributed by atoms with van der Waals surface area (Å²) in [5, 5.41) is 0. The Morgan fingerprint density at radius 2 is 2.38 bits per heavy atom. The number of aromatic nitrogens is 1. The van der Waals surface area contributed by atoms with Crippen molar-refractivity contribution in [3.63, 3.8) is 0 Å². The lowest BCUT2D eigenvalue weighted by molar-refractivity contribution is -0.121. The molecule has 0 spiro atoms. The molecule has 1 aliphatic rings. The van der Waals surface area contributed by atoms with Crippen LogP contribution >= 0.6 is 0 Å². The zero-order valence-corrected chi connectivity index (χ0v) is 7.49. The molecule has 1 unspecified atom stereocenters. The van der Waals surface area contributed by atoms with Gasteiger partial charge >= 0.3 is 0 Å². The summed E-state index contributed by atoms with van der Waals surface area (Å²) in [6.07, 6.45) is 3.79. The number of H-pyrrole nitrogens is 1. The summed E-state index contributed by atoms with van der Waals surface area (Å²) in [5.41, 5.74) is 12.9. The third-order valence-electron chi connectivity index (χ3n) is 2.83. The van der Waals surface area contributed by atoms with Gasteiger partial charge in [0, 0.05) is 30.4 Å². The van der Waals surface area contributed by atoms with Gasteiger partial charge in [0.2, 0.25) is 0 Å². The topological polar surface area (TPSA) is 77.1 Å². The number of nitrogens with two attached hydrogens (primary N) is 2. The monoisotopic (exact) mass is 181 g/mol. The zero-order valence-electron chi connectivity index (χ0n) is 7.49. The van der Waals surface area contributed by atoms with Gasteiger partial charge in [-0.3, -0.25) is 0 Å². The van der Waals surface area contributed by atoms with Crippen molar-refractivity contribution in [1.29, 1.82) is 0 Å². The number of aromatic amines is 1. The Morgan fingerprint density at radius 3 is 2.77 bits per heavy atom. The molecule has 4 nitrogen and oxygen atoms in total. The summed E-state index contributed by atoms with van der Waals surface area (Å²) in [7, 11) is 0. The van der Waals surface area contributed by atoms with Gasteiger partial charge in [-0.25, -0.2) is 0 Å². The third kappa shape index (κ3) is 1.27. The summed E-state index contributed by atoms with van der Waals surface area (Å²) < 4.78 is 5.18. The van der Waals surface area contributed by atoms with Gasteiger partial charge in [0.05, 0.1) is 13.2 Å². The van der Waals surface area contributed by atoms with Crippen molar-refractivity contribution in [2.24, 2.45) is 16.9 Å². The second-order valence-electron chi connectivity index (χ2n) is 3.68. The van der Waals surface area contributed by atoms with Gasteiger partial charge in [0.1, 0.15) is 0 Å². The Kier molecular flexibility index (Phi) is 2.11. The molecule has 5 N–H and O–H groups in total. The van der Waals surface area contributed by atoms with Crippen molar-refractivity contribution in [3.05, 3.63) is 24.0 Å². The van der Waals surface area contributed by atoms with Crippen molar-refractivity contribution in [2.45, 2.75) is 6.04 Å². The molecule has 2 rings (SSSR count). The smallest absolute Gasteiger partial charge is 0.0575 e. The molecule has 1 aromatic rings. The van der Waals surface area contributed by atoms with Crippen LogP contribution in [0.5, 0.6) is 0 Å².